The van der Waals surface area contributed by atoms with Crippen molar-refractivity contribution in [1.29, 1.82) is 0 Å². The molecule has 0 spiro atoms. The summed E-state index contributed by atoms with van der Waals surface area (Å²) in [7, 11) is 0. The maximum atomic E-state index is 14.6. The molecule has 1 saturated carbocycles. The van der Waals surface area contributed by atoms with Gasteiger partial charge in [-0.05, 0) is 30.5 Å². The van der Waals surface area contributed by atoms with Crippen LogP contribution in [-0.4, -0.2) is 59.4 Å². The number of hydrogen-bond donors (Lipinski definition) is 0. The Labute approximate surface area is 178 Å². The first-order valence-electron chi connectivity index (χ1n) is 10.5. The van der Waals surface area contributed by atoms with Crippen LogP contribution in [0.3, 0.4) is 0 Å². The van der Waals surface area contributed by atoms with E-state index in [4.69, 9.17) is 0 Å². The lowest BCUT2D eigenvalue weighted by Crippen LogP contribution is -2.51. The van der Waals surface area contributed by atoms with Crippen molar-refractivity contribution in [2.45, 2.75) is 18.8 Å². The number of carbonyl (C=O) groups excluding carboxylic acids is 4. The molecular weight excluding hydrogens is 399 g/mol. The van der Waals surface area contributed by atoms with Gasteiger partial charge < -0.3 is 9.80 Å². The van der Waals surface area contributed by atoms with Crippen LogP contribution in [0.25, 0.3) is 0 Å². The Hall–Kier alpha value is -3.35. The number of rotatable bonds is 3. The molecule has 31 heavy (non-hydrogen) atoms. The van der Waals surface area contributed by atoms with Gasteiger partial charge in [0.05, 0.1) is 5.56 Å². The Balaban J connectivity index is 1.36. The summed E-state index contributed by atoms with van der Waals surface area (Å²) in [5, 5.41) is 0. The van der Waals surface area contributed by atoms with Gasteiger partial charge in [-0.15, -0.1) is 0 Å². The molecule has 2 aliphatic carbocycles. The minimum Gasteiger partial charge on any atom is -0.339 e. The zero-order valence-electron chi connectivity index (χ0n) is 16.8. The van der Waals surface area contributed by atoms with Gasteiger partial charge in [-0.2, -0.15) is 0 Å². The van der Waals surface area contributed by atoms with E-state index in [0.29, 0.717) is 42.9 Å². The monoisotopic (exact) mass is 420 g/mol. The van der Waals surface area contributed by atoms with Gasteiger partial charge in [0, 0.05) is 43.2 Å². The summed E-state index contributed by atoms with van der Waals surface area (Å²) >= 11 is 0. The molecule has 1 heterocycles. The molecule has 5 rings (SSSR count). The molecule has 1 aliphatic heterocycles. The molecule has 0 bridgehead atoms. The highest BCUT2D eigenvalue weighted by Gasteiger charge is 2.40. The van der Waals surface area contributed by atoms with Gasteiger partial charge in [0.2, 0.25) is 5.91 Å². The number of amides is 2. The quantitative estimate of drug-likeness (QED) is 0.716. The number of Topliss-reactive ketones (excluding diaryl/α,β-unsaturated/α-hetero) is 2. The number of carbonyl (C=O) groups is 4. The Bertz CT molecular complexity index is 1080. The Kier molecular flexibility index (Phi) is 4.68. The molecular formula is C24H21FN2O4. The third-order valence-corrected chi connectivity index (χ3v) is 6.34. The highest BCUT2D eigenvalue weighted by atomic mass is 19.1. The Morgan fingerprint density at radius 1 is 0.839 bits per heavy atom. The molecule has 6 nitrogen and oxygen atoms in total. The third kappa shape index (κ3) is 3.34. The van der Waals surface area contributed by atoms with Crippen molar-refractivity contribution >= 4 is 23.4 Å². The lowest BCUT2D eigenvalue weighted by Gasteiger charge is -2.35. The number of nitrogens with zero attached hydrogens (tertiary/aromatic N) is 2. The molecule has 158 valence electrons. The summed E-state index contributed by atoms with van der Waals surface area (Å²) in [6.45, 7) is 1.51. The molecule has 0 N–H and O–H groups in total. The average Bonchev–Trinajstić information content (AvgIpc) is 3.61. The van der Waals surface area contributed by atoms with Gasteiger partial charge in [0.25, 0.3) is 5.91 Å². The molecule has 7 heteroatoms. The number of ketones is 2. The first-order chi connectivity index (χ1) is 15.0. The first-order valence-corrected chi connectivity index (χ1v) is 10.5. The van der Waals surface area contributed by atoms with E-state index >= 15 is 0 Å². The van der Waals surface area contributed by atoms with Crippen LogP contribution in [0.1, 0.15) is 55.4 Å². The fraction of sp³-hybridized carbons (Fsp3) is 0.333. The maximum Gasteiger partial charge on any atom is 0.256 e. The normalized spacial score (nSPS) is 19.0. The zero-order valence-corrected chi connectivity index (χ0v) is 16.8. The topological polar surface area (TPSA) is 74.8 Å². The molecule has 0 aromatic heterocycles. The zero-order chi connectivity index (χ0) is 21.7. The van der Waals surface area contributed by atoms with Crippen molar-refractivity contribution in [2.24, 2.45) is 5.92 Å². The van der Waals surface area contributed by atoms with Crippen LogP contribution in [0.5, 0.6) is 0 Å². The summed E-state index contributed by atoms with van der Waals surface area (Å²) in [4.78, 5) is 54.1. The average molecular weight is 420 g/mol. The van der Waals surface area contributed by atoms with Crippen molar-refractivity contribution in [2.75, 3.05) is 26.2 Å². The summed E-state index contributed by atoms with van der Waals surface area (Å²) < 4.78 is 14.6. The van der Waals surface area contributed by atoms with Gasteiger partial charge >= 0.3 is 0 Å². The van der Waals surface area contributed by atoms with Crippen molar-refractivity contribution in [3.8, 4) is 0 Å². The number of piperazine rings is 1. The SMILES string of the molecule is O=C1c2ccccc2C(=O)C1c1ccc(F)c(C(=O)N2CCN(C(=O)C3CC3)CC2)c1. The van der Waals surface area contributed by atoms with Crippen molar-refractivity contribution in [3.05, 3.63) is 70.5 Å². The molecule has 2 amide bonds. The van der Waals surface area contributed by atoms with E-state index in [1.54, 1.807) is 29.2 Å². The predicted octanol–water partition coefficient (Wildman–Crippen LogP) is 2.68. The number of halogens is 1. The molecule has 1 saturated heterocycles. The van der Waals surface area contributed by atoms with Crippen LogP contribution in [0.2, 0.25) is 0 Å². The van der Waals surface area contributed by atoms with Gasteiger partial charge in [-0.1, -0.05) is 30.3 Å². The molecule has 2 aromatic carbocycles. The van der Waals surface area contributed by atoms with E-state index in [1.807, 2.05) is 0 Å². The van der Waals surface area contributed by atoms with Crippen molar-refractivity contribution in [1.82, 2.24) is 9.80 Å². The fourth-order valence-electron chi connectivity index (χ4n) is 4.42. The van der Waals surface area contributed by atoms with E-state index in [9.17, 15) is 23.6 Å². The Morgan fingerprint density at radius 3 is 2.00 bits per heavy atom. The second-order valence-corrected chi connectivity index (χ2v) is 8.34. The van der Waals surface area contributed by atoms with E-state index in [0.717, 1.165) is 18.9 Å². The summed E-state index contributed by atoms with van der Waals surface area (Å²) in [5.74, 6) is -2.65. The van der Waals surface area contributed by atoms with Crippen molar-refractivity contribution < 1.29 is 23.6 Å². The largest absolute Gasteiger partial charge is 0.339 e. The number of hydrogen-bond acceptors (Lipinski definition) is 4. The second-order valence-electron chi connectivity index (χ2n) is 8.34. The number of fused-ring (bicyclic) bond motifs is 1. The smallest absolute Gasteiger partial charge is 0.256 e. The van der Waals surface area contributed by atoms with Crippen LogP contribution in [0.15, 0.2) is 42.5 Å². The van der Waals surface area contributed by atoms with Crippen molar-refractivity contribution in [3.63, 3.8) is 0 Å². The lowest BCUT2D eigenvalue weighted by molar-refractivity contribution is -0.134. The summed E-state index contributed by atoms with van der Waals surface area (Å²) in [6.07, 6.45) is 1.86. The lowest BCUT2D eigenvalue weighted by atomic mass is 9.92. The maximum absolute atomic E-state index is 14.6. The molecule has 0 radical (unpaired) electrons. The third-order valence-electron chi connectivity index (χ3n) is 6.34. The van der Waals surface area contributed by atoms with E-state index in [2.05, 4.69) is 0 Å². The highest BCUT2D eigenvalue weighted by Crippen LogP contribution is 2.35. The second kappa shape index (κ2) is 7.41. The Morgan fingerprint density at radius 2 is 1.42 bits per heavy atom. The van der Waals surface area contributed by atoms with Crippen LogP contribution in [-0.2, 0) is 4.79 Å². The van der Waals surface area contributed by atoms with E-state index in [1.165, 1.54) is 17.0 Å². The summed E-state index contributed by atoms with van der Waals surface area (Å²) in [6, 6.07) is 10.5. The van der Waals surface area contributed by atoms with Crippen LogP contribution in [0, 0.1) is 11.7 Å². The highest BCUT2D eigenvalue weighted by molar-refractivity contribution is 6.29. The van der Waals surface area contributed by atoms with Crippen LogP contribution in [0.4, 0.5) is 4.39 Å². The molecule has 0 atom stereocenters. The molecule has 3 aliphatic rings. The standard InChI is InChI=1S/C24H21FN2O4/c25-19-8-7-15(20-21(28)16-3-1-2-4-17(16)22(20)29)13-18(19)24(31)27-11-9-26(10-12-27)23(30)14-5-6-14/h1-4,7-8,13-14,20H,5-6,9-12H2. The van der Waals surface area contributed by atoms with Gasteiger partial charge in [-0.3, -0.25) is 19.2 Å². The van der Waals surface area contributed by atoms with Gasteiger partial charge in [0.1, 0.15) is 11.7 Å². The minimum atomic E-state index is -1.06. The van der Waals surface area contributed by atoms with E-state index < -0.39 is 17.6 Å². The fourth-order valence-corrected chi connectivity index (χ4v) is 4.42. The molecule has 0 unspecified atom stereocenters. The molecule has 2 aromatic rings. The molecule has 2 fully saturated rings. The van der Waals surface area contributed by atoms with Crippen LogP contribution < -0.4 is 0 Å². The predicted molar refractivity (Wildman–Crippen MR) is 109 cm³/mol. The first kappa shape index (κ1) is 19.6. The minimum absolute atomic E-state index is 0.127. The van der Waals surface area contributed by atoms with Gasteiger partial charge in [-0.25, -0.2) is 4.39 Å². The summed E-state index contributed by atoms with van der Waals surface area (Å²) in [5.41, 5.74) is 0.867. The van der Waals surface area contributed by atoms with E-state index in [-0.39, 0.29) is 29.0 Å². The van der Waals surface area contributed by atoms with Crippen LogP contribution >= 0.6 is 0 Å². The van der Waals surface area contributed by atoms with Gasteiger partial charge in [0.15, 0.2) is 11.6 Å². The number of benzene rings is 2.